The van der Waals surface area contributed by atoms with Crippen molar-refractivity contribution in [2.45, 2.75) is 46.5 Å². The lowest BCUT2D eigenvalue weighted by molar-refractivity contribution is -0.137. The van der Waals surface area contributed by atoms with Crippen LogP contribution in [0.15, 0.2) is 48.5 Å². The summed E-state index contributed by atoms with van der Waals surface area (Å²) in [5.74, 6) is -0.657. The van der Waals surface area contributed by atoms with Gasteiger partial charge in [-0.05, 0) is 43.5 Å². The molecular formula is C26H26F3N5O2. The molecule has 0 spiro atoms. The monoisotopic (exact) mass is 497 g/mol. The zero-order valence-corrected chi connectivity index (χ0v) is 20.3. The number of aromatic nitrogens is 4. The van der Waals surface area contributed by atoms with Crippen molar-refractivity contribution in [3.05, 3.63) is 71.0 Å². The lowest BCUT2D eigenvalue weighted by Crippen LogP contribution is -2.23. The van der Waals surface area contributed by atoms with Crippen molar-refractivity contribution < 1.29 is 23.1 Å². The van der Waals surface area contributed by atoms with Crippen molar-refractivity contribution in [1.82, 2.24) is 19.5 Å². The first-order chi connectivity index (χ1) is 16.9. The molecule has 2 heterocycles. The molecule has 0 aliphatic heterocycles. The normalized spacial score (nSPS) is 12.8. The van der Waals surface area contributed by atoms with E-state index in [4.69, 9.17) is 0 Å². The van der Waals surface area contributed by atoms with Crippen LogP contribution in [-0.4, -0.2) is 36.6 Å². The Hall–Kier alpha value is -3.95. The summed E-state index contributed by atoms with van der Waals surface area (Å²) < 4.78 is 41.1. The Kier molecular flexibility index (Phi) is 6.71. The van der Waals surface area contributed by atoms with Crippen LogP contribution >= 0.6 is 0 Å². The molecule has 2 aromatic carbocycles. The Morgan fingerprint density at radius 2 is 1.75 bits per heavy atom. The summed E-state index contributed by atoms with van der Waals surface area (Å²) in [5.41, 5.74) is 2.29. The van der Waals surface area contributed by atoms with Gasteiger partial charge in [0.15, 0.2) is 11.5 Å². The fraction of sp³-hybridized carbons (Fsp3) is 0.308. The molecule has 10 heteroatoms. The Morgan fingerprint density at radius 1 is 1.06 bits per heavy atom. The lowest BCUT2D eigenvalue weighted by atomic mass is 10.1. The first-order valence-electron chi connectivity index (χ1n) is 11.5. The van der Waals surface area contributed by atoms with Crippen molar-refractivity contribution in [3.63, 3.8) is 0 Å². The molecule has 2 N–H and O–H groups in total. The number of alkyl halides is 3. The number of anilines is 1. The van der Waals surface area contributed by atoms with Gasteiger partial charge in [-0.15, -0.1) is 0 Å². The Balaban J connectivity index is 1.94. The van der Waals surface area contributed by atoms with E-state index in [2.05, 4.69) is 20.3 Å². The maximum Gasteiger partial charge on any atom is 0.416 e. The molecule has 2 aromatic heterocycles. The number of imidazole rings is 1. The van der Waals surface area contributed by atoms with Crippen LogP contribution in [0.1, 0.15) is 48.1 Å². The molecule has 0 saturated carbocycles. The second-order valence-corrected chi connectivity index (χ2v) is 9.14. The third-order valence-corrected chi connectivity index (χ3v) is 6.06. The van der Waals surface area contributed by atoms with Gasteiger partial charge < -0.3 is 15.0 Å². The predicted octanol–water partition coefficient (Wildman–Crippen LogP) is 6.02. The van der Waals surface area contributed by atoms with E-state index in [1.807, 2.05) is 56.5 Å². The third kappa shape index (κ3) is 5.17. The van der Waals surface area contributed by atoms with Gasteiger partial charge in [0.2, 0.25) is 5.82 Å². The molecule has 0 bridgehead atoms. The van der Waals surface area contributed by atoms with E-state index in [0.29, 0.717) is 22.7 Å². The number of carboxylic acid groups (broad SMARTS) is 1. The summed E-state index contributed by atoms with van der Waals surface area (Å²) in [6, 6.07) is 12.5. The Bertz CT molecular complexity index is 1410. The number of fused-ring (bicyclic) bond motifs is 1. The summed E-state index contributed by atoms with van der Waals surface area (Å²) in [6.45, 7) is 8.11. The third-order valence-electron chi connectivity index (χ3n) is 6.06. The SMILES string of the molecule is Cc1cccc(-c2nc3nc(C(=O)O)nc(N[C@H](C)C(C)C)c3n2Cc2ccc(C(F)(F)F)cc2)c1. The number of halogens is 3. The molecule has 4 aromatic rings. The average molecular weight is 498 g/mol. The molecule has 1 atom stereocenters. The van der Waals surface area contributed by atoms with Crippen LogP contribution in [0.2, 0.25) is 0 Å². The minimum atomic E-state index is -4.43. The highest BCUT2D eigenvalue weighted by molar-refractivity contribution is 5.92. The minimum absolute atomic E-state index is 0.0541. The van der Waals surface area contributed by atoms with Gasteiger partial charge in [0.1, 0.15) is 11.3 Å². The van der Waals surface area contributed by atoms with Gasteiger partial charge in [-0.3, -0.25) is 0 Å². The molecule has 0 fully saturated rings. The first-order valence-corrected chi connectivity index (χ1v) is 11.5. The summed E-state index contributed by atoms with van der Waals surface area (Å²) in [7, 11) is 0. The largest absolute Gasteiger partial charge is 0.475 e. The van der Waals surface area contributed by atoms with E-state index in [0.717, 1.165) is 23.3 Å². The number of benzene rings is 2. The molecule has 0 aliphatic rings. The first kappa shape index (κ1) is 25.2. The molecule has 0 aliphatic carbocycles. The van der Waals surface area contributed by atoms with Crippen LogP contribution < -0.4 is 5.32 Å². The minimum Gasteiger partial charge on any atom is -0.475 e. The maximum absolute atomic E-state index is 13.1. The topological polar surface area (TPSA) is 92.9 Å². The summed E-state index contributed by atoms with van der Waals surface area (Å²) in [5, 5.41) is 12.9. The summed E-state index contributed by atoms with van der Waals surface area (Å²) in [6.07, 6.45) is -4.43. The summed E-state index contributed by atoms with van der Waals surface area (Å²) >= 11 is 0. The molecule has 0 saturated heterocycles. The average Bonchev–Trinajstić information content (AvgIpc) is 3.17. The quantitative estimate of drug-likeness (QED) is 0.324. The van der Waals surface area contributed by atoms with E-state index >= 15 is 0 Å². The van der Waals surface area contributed by atoms with Crippen molar-refractivity contribution in [1.29, 1.82) is 0 Å². The highest BCUT2D eigenvalue weighted by Gasteiger charge is 2.30. The Morgan fingerprint density at radius 3 is 2.33 bits per heavy atom. The van der Waals surface area contributed by atoms with Crippen LogP contribution in [0.3, 0.4) is 0 Å². The highest BCUT2D eigenvalue weighted by atomic mass is 19.4. The smallest absolute Gasteiger partial charge is 0.416 e. The maximum atomic E-state index is 13.1. The van der Waals surface area contributed by atoms with Crippen LogP contribution in [-0.2, 0) is 12.7 Å². The van der Waals surface area contributed by atoms with Gasteiger partial charge in [0, 0.05) is 18.2 Å². The van der Waals surface area contributed by atoms with Crippen molar-refractivity contribution >= 4 is 23.0 Å². The number of aromatic carboxylic acids is 1. The number of carboxylic acids is 1. The van der Waals surface area contributed by atoms with E-state index < -0.39 is 23.5 Å². The van der Waals surface area contributed by atoms with Crippen molar-refractivity contribution in [2.24, 2.45) is 5.92 Å². The fourth-order valence-corrected chi connectivity index (χ4v) is 3.75. The molecule has 0 radical (unpaired) electrons. The molecular weight excluding hydrogens is 471 g/mol. The summed E-state index contributed by atoms with van der Waals surface area (Å²) in [4.78, 5) is 24.8. The number of nitrogens with zero attached hydrogens (tertiary/aromatic N) is 4. The second-order valence-electron chi connectivity index (χ2n) is 9.14. The predicted molar refractivity (Wildman–Crippen MR) is 131 cm³/mol. The van der Waals surface area contributed by atoms with E-state index in [1.165, 1.54) is 12.1 Å². The molecule has 36 heavy (non-hydrogen) atoms. The number of carbonyl (C=O) groups is 1. The van der Waals surface area contributed by atoms with Crippen LogP contribution in [0.25, 0.3) is 22.6 Å². The van der Waals surface area contributed by atoms with Crippen molar-refractivity contribution in [3.8, 4) is 11.4 Å². The van der Waals surface area contributed by atoms with Gasteiger partial charge in [0.25, 0.3) is 0 Å². The van der Waals surface area contributed by atoms with Gasteiger partial charge in [0.05, 0.1) is 5.56 Å². The highest BCUT2D eigenvalue weighted by Crippen LogP contribution is 2.32. The van der Waals surface area contributed by atoms with Crippen molar-refractivity contribution in [2.75, 3.05) is 5.32 Å². The molecule has 4 rings (SSSR count). The fourth-order valence-electron chi connectivity index (χ4n) is 3.75. The lowest BCUT2D eigenvalue weighted by Gasteiger charge is -2.20. The van der Waals surface area contributed by atoms with Crippen LogP contribution in [0, 0.1) is 12.8 Å². The molecule has 188 valence electrons. The van der Waals surface area contributed by atoms with Gasteiger partial charge in [-0.2, -0.15) is 13.2 Å². The zero-order valence-electron chi connectivity index (χ0n) is 20.3. The second kappa shape index (κ2) is 9.60. The zero-order chi connectivity index (χ0) is 26.2. The Labute approximate surface area is 206 Å². The number of hydrogen-bond donors (Lipinski definition) is 2. The van der Waals surface area contributed by atoms with Gasteiger partial charge in [-0.1, -0.05) is 49.7 Å². The number of nitrogens with one attached hydrogen (secondary N) is 1. The van der Waals surface area contributed by atoms with Gasteiger partial charge >= 0.3 is 12.1 Å². The van der Waals surface area contributed by atoms with E-state index in [9.17, 15) is 23.1 Å². The standard InChI is InChI=1S/C26H26F3N5O2/c1-14(2)16(4)30-21-20-22(32-23(31-21)25(35)36)33-24(18-7-5-6-15(3)12-18)34(20)13-17-8-10-19(11-9-17)26(27,28)29/h5-12,14,16H,13H2,1-4H3,(H,35,36)(H,30,31,32)/t16-/m1/s1. The van der Waals surface area contributed by atoms with E-state index in [-0.39, 0.29) is 24.2 Å². The van der Waals surface area contributed by atoms with E-state index in [1.54, 1.807) is 0 Å². The van der Waals surface area contributed by atoms with Crippen LogP contribution in [0.4, 0.5) is 19.0 Å². The molecule has 0 unspecified atom stereocenters. The number of hydrogen-bond acceptors (Lipinski definition) is 5. The van der Waals surface area contributed by atoms with Gasteiger partial charge in [-0.25, -0.2) is 19.7 Å². The number of aryl methyl sites for hydroxylation is 1. The molecule has 7 nitrogen and oxygen atoms in total. The number of rotatable bonds is 7. The molecule has 0 amide bonds. The van der Waals surface area contributed by atoms with Crippen LogP contribution in [0.5, 0.6) is 0 Å².